The first-order valence-electron chi connectivity index (χ1n) is 10.4. The van der Waals surface area contributed by atoms with Crippen LogP contribution in [0.1, 0.15) is 15.4 Å². The van der Waals surface area contributed by atoms with Gasteiger partial charge < -0.3 is 14.8 Å². The van der Waals surface area contributed by atoms with Crippen LogP contribution in [0, 0.1) is 6.92 Å². The first-order chi connectivity index (χ1) is 16.6. The van der Waals surface area contributed by atoms with E-state index in [2.05, 4.69) is 25.6 Å². The van der Waals surface area contributed by atoms with Crippen molar-refractivity contribution in [3.8, 4) is 32.9 Å². The molecule has 0 atom stereocenters. The fourth-order valence-corrected chi connectivity index (χ4v) is 5.08. The van der Waals surface area contributed by atoms with Crippen molar-refractivity contribution in [2.45, 2.75) is 6.92 Å². The molecular formula is C23H20N6O3S2. The number of carbonyl (C=O) groups excluding carboxylic acids is 1. The molecule has 0 fully saturated rings. The number of carbonyl (C=O) groups is 1. The third-order valence-corrected chi connectivity index (χ3v) is 7.13. The fourth-order valence-electron chi connectivity index (χ4n) is 3.30. The summed E-state index contributed by atoms with van der Waals surface area (Å²) in [6.45, 7) is 2.43. The molecule has 5 aromatic rings. The molecule has 5 rings (SSSR count). The molecule has 0 aliphatic heterocycles. The molecule has 1 aromatic carbocycles. The van der Waals surface area contributed by atoms with E-state index in [4.69, 9.17) is 9.47 Å². The van der Waals surface area contributed by atoms with Gasteiger partial charge in [0.2, 0.25) is 5.88 Å². The Morgan fingerprint density at radius 1 is 1.15 bits per heavy atom. The summed E-state index contributed by atoms with van der Waals surface area (Å²) in [5.41, 5.74) is 2.14. The number of rotatable bonds is 8. The lowest BCUT2D eigenvalue weighted by Gasteiger charge is -2.07. The Morgan fingerprint density at radius 3 is 2.88 bits per heavy atom. The van der Waals surface area contributed by atoms with Crippen molar-refractivity contribution < 1.29 is 14.3 Å². The number of amides is 1. The Balaban J connectivity index is 1.22. The van der Waals surface area contributed by atoms with E-state index in [1.54, 1.807) is 35.1 Å². The largest absolute Gasteiger partial charge is 0.497 e. The molecule has 4 heterocycles. The Bertz CT molecular complexity index is 1440. The van der Waals surface area contributed by atoms with Gasteiger partial charge in [-0.3, -0.25) is 4.79 Å². The number of thiazole rings is 1. The number of aryl methyl sites for hydroxylation is 1. The average molecular weight is 493 g/mol. The summed E-state index contributed by atoms with van der Waals surface area (Å²) in [5, 5.41) is 18.6. The smallest absolute Gasteiger partial charge is 0.263 e. The van der Waals surface area contributed by atoms with Crippen LogP contribution in [0.4, 0.5) is 0 Å². The molecule has 0 saturated heterocycles. The van der Waals surface area contributed by atoms with Gasteiger partial charge in [0.1, 0.15) is 22.2 Å². The highest BCUT2D eigenvalue weighted by Crippen LogP contribution is 2.31. The molecular weight excluding hydrogens is 472 g/mol. The zero-order valence-corrected chi connectivity index (χ0v) is 20.0. The van der Waals surface area contributed by atoms with Gasteiger partial charge in [-0.2, -0.15) is 4.52 Å². The van der Waals surface area contributed by atoms with Crippen LogP contribution in [0.3, 0.4) is 0 Å². The number of methoxy groups -OCH3 is 1. The molecule has 172 valence electrons. The number of nitrogens with one attached hydrogen (secondary N) is 1. The van der Waals surface area contributed by atoms with E-state index >= 15 is 0 Å². The number of hydrogen-bond donors (Lipinski definition) is 1. The fraction of sp³-hybridized carbons (Fsp3) is 0.174. The maximum atomic E-state index is 12.6. The van der Waals surface area contributed by atoms with Crippen LogP contribution in [0.15, 0.2) is 53.9 Å². The highest BCUT2D eigenvalue weighted by Gasteiger charge is 2.16. The summed E-state index contributed by atoms with van der Waals surface area (Å²) in [5.74, 6) is 1.54. The number of ether oxygens (including phenoxy) is 2. The number of aromatic nitrogens is 5. The topological polar surface area (TPSA) is 104 Å². The summed E-state index contributed by atoms with van der Waals surface area (Å²) >= 11 is 3.00. The van der Waals surface area contributed by atoms with Gasteiger partial charge in [0.15, 0.2) is 11.5 Å². The summed E-state index contributed by atoms with van der Waals surface area (Å²) in [6, 6.07) is 15.0. The van der Waals surface area contributed by atoms with Crippen molar-refractivity contribution in [3.63, 3.8) is 0 Å². The van der Waals surface area contributed by atoms with E-state index in [0.29, 0.717) is 28.8 Å². The van der Waals surface area contributed by atoms with Crippen LogP contribution in [-0.2, 0) is 0 Å². The maximum Gasteiger partial charge on any atom is 0.263 e. The SMILES string of the molecule is COc1cccc(-c2nnc3ccc(OCCNC(=O)c4sc(-c5cccs5)nc4C)nn23)c1. The molecule has 1 amide bonds. The molecule has 0 unspecified atom stereocenters. The standard InChI is InChI=1S/C23H20N6O3S2/c1-14-20(34-23(25-14)17-7-4-12-33-17)22(30)24-10-11-32-19-9-8-18-26-27-21(29(18)28-19)15-5-3-6-16(13-15)31-2/h3-9,12-13H,10-11H2,1-2H3,(H,24,30). The lowest BCUT2D eigenvalue weighted by Crippen LogP contribution is -2.28. The third-order valence-electron chi connectivity index (χ3n) is 4.94. The predicted molar refractivity (Wildman–Crippen MR) is 131 cm³/mol. The molecule has 0 bridgehead atoms. The summed E-state index contributed by atoms with van der Waals surface area (Å²) < 4.78 is 12.7. The lowest BCUT2D eigenvalue weighted by atomic mass is 10.2. The normalized spacial score (nSPS) is 11.0. The minimum Gasteiger partial charge on any atom is -0.497 e. The highest BCUT2D eigenvalue weighted by molar-refractivity contribution is 7.22. The molecule has 0 saturated carbocycles. The Hall–Kier alpha value is -3.83. The van der Waals surface area contributed by atoms with E-state index in [-0.39, 0.29) is 12.5 Å². The van der Waals surface area contributed by atoms with Crippen molar-refractivity contribution >= 4 is 34.2 Å². The molecule has 9 nitrogen and oxygen atoms in total. The first-order valence-corrected chi connectivity index (χ1v) is 12.1. The van der Waals surface area contributed by atoms with Crippen molar-refractivity contribution in [1.29, 1.82) is 0 Å². The number of nitrogens with zero attached hydrogens (tertiary/aromatic N) is 5. The zero-order valence-electron chi connectivity index (χ0n) is 18.4. The van der Waals surface area contributed by atoms with Crippen LogP contribution < -0.4 is 14.8 Å². The van der Waals surface area contributed by atoms with Crippen molar-refractivity contribution in [2.75, 3.05) is 20.3 Å². The monoisotopic (exact) mass is 492 g/mol. The van der Waals surface area contributed by atoms with Gasteiger partial charge in [-0.1, -0.05) is 18.2 Å². The van der Waals surface area contributed by atoms with Crippen molar-refractivity contribution in [3.05, 3.63) is 64.5 Å². The van der Waals surface area contributed by atoms with E-state index in [1.807, 2.05) is 48.7 Å². The molecule has 0 spiro atoms. The van der Waals surface area contributed by atoms with Gasteiger partial charge in [0.25, 0.3) is 5.91 Å². The zero-order chi connectivity index (χ0) is 23.5. The van der Waals surface area contributed by atoms with Gasteiger partial charge in [0, 0.05) is 11.6 Å². The number of hydrogen-bond acceptors (Lipinski definition) is 9. The van der Waals surface area contributed by atoms with Crippen LogP contribution in [0.5, 0.6) is 11.6 Å². The summed E-state index contributed by atoms with van der Waals surface area (Å²) in [6.07, 6.45) is 0. The summed E-state index contributed by atoms with van der Waals surface area (Å²) in [7, 11) is 1.61. The predicted octanol–water partition coefficient (Wildman–Crippen LogP) is 4.10. The van der Waals surface area contributed by atoms with Gasteiger partial charge in [-0.25, -0.2) is 4.98 Å². The van der Waals surface area contributed by atoms with E-state index in [0.717, 1.165) is 26.9 Å². The molecule has 1 N–H and O–H groups in total. The van der Waals surface area contributed by atoms with E-state index in [9.17, 15) is 4.79 Å². The average Bonchev–Trinajstić information content (AvgIpc) is 3.61. The second-order valence-corrected chi connectivity index (χ2v) is 9.16. The maximum absolute atomic E-state index is 12.6. The number of thiophene rings is 1. The molecule has 0 aliphatic rings. The molecule has 11 heteroatoms. The van der Waals surface area contributed by atoms with Crippen LogP contribution >= 0.6 is 22.7 Å². The van der Waals surface area contributed by atoms with Gasteiger partial charge in [0.05, 0.1) is 24.2 Å². The Kier molecular flexibility index (Phi) is 6.19. The quantitative estimate of drug-likeness (QED) is 0.325. The number of benzene rings is 1. The van der Waals surface area contributed by atoms with Crippen LogP contribution in [0.2, 0.25) is 0 Å². The minimum absolute atomic E-state index is 0.163. The molecule has 34 heavy (non-hydrogen) atoms. The van der Waals surface area contributed by atoms with Crippen molar-refractivity contribution in [1.82, 2.24) is 30.1 Å². The second-order valence-electron chi connectivity index (χ2n) is 7.21. The Labute approximate surface area is 203 Å². The van der Waals surface area contributed by atoms with Crippen LogP contribution in [0.25, 0.3) is 26.9 Å². The summed E-state index contributed by atoms with van der Waals surface area (Å²) in [4.78, 5) is 18.8. The first kappa shape index (κ1) is 22.0. The number of fused-ring (bicyclic) bond motifs is 1. The minimum atomic E-state index is -0.163. The van der Waals surface area contributed by atoms with E-state index < -0.39 is 0 Å². The Morgan fingerprint density at radius 2 is 2.06 bits per heavy atom. The third kappa shape index (κ3) is 4.47. The highest BCUT2D eigenvalue weighted by atomic mass is 32.1. The lowest BCUT2D eigenvalue weighted by molar-refractivity contribution is 0.0949. The molecule has 0 radical (unpaired) electrons. The van der Waals surface area contributed by atoms with Crippen LogP contribution in [-0.4, -0.2) is 51.0 Å². The van der Waals surface area contributed by atoms with Crippen molar-refractivity contribution in [2.24, 2.45) is 0 Å². The van der Waals surface area contributed by atoms with Gasteiger partial charge in [-0.05, 0) is 36.6 Å². The van der Waals surface area contributed by atoms with Gasteiger partial charge >= 0.3 is 0 Å². The second kappa shape index (κ2) is 9.57. The molecule has 4 aromatic heterocycles. The molecule has 0 aliphatic carbocycles. The van der Waals surface area contributed by atoms with E-state index in [1.165, 1.54) is 11.3 Å². The van der Waals surface area contributed by atoms with Gasteiger partial charge in [-0.15, -0.1) is 38.0 Å².